The maximum atomic E-state index is 13.9. The Balaban J connectivity index is 1.50. The third-order valence-corrected chi connectivity index (χ3v) is 4.61. The Bertz CT molecular complexity index is 1390. The number of anilines is 3. The van der Waals surface area contributed by atoms with E-state index in [0.29, 0.717) is 11.8 Å². The minimum Gasteiger partial charge on any atom is -0.364 e. The normalized spacial score (nSPS) is 11.7. The zero-order valence-corrected chi connectivity index (χ0v) is 16.6. The third-order valence-electron chi connectivity index (χ3n) is 4.61. The van der Waals surface area contributed by atoms with Gasteiger partial charge in [0, 0.05) is 24.9 Å². The van der Waals surface area contributed by atoms with Crippen LogP contribution in [0.1, 0.15) is 11.6 Å². The first-order valence-corrected chi connectivity index (χ1v) is 9.17. The van der Waals surface area contributed by atoms with E-state index in [0.717, 1.165) is 12.1 Å². The van der Waals surface area contributed by atoms with E-state index in [1.807, 2.05) is 0 Å². The van der Waals surface area contributed by atoms with Crippen LogP contribution >= 0.6 is 0 Å². The van der Waals surface area contributed by atoms with Crippen molar-refractivity contribution >= 4 is 17.1 Å². The van der Waals surface area contributed by atoms with Crippen LogP contribution in [-0.2, 0) is 12.7 Å². The molecule has 0 unspecified atom stereocenters. The molecular weight excluding hydrogens is 453 g/mol. The Hall–Kier alpha value is -4.16. The second-order valence-corrected chi connectivity index (χ2v) is 6.95. The highest BCUT2D eigenvalue weighted by atomic mass is 19.4. The summed E-state index contributed by atoms with van der Waals surface area (Å²) in [5.41, 5.74) is -1.46. The Morgan fingerprint density at radius 1 is 1.09 bits per heavy atom. The Morgan fingerprint density at radius 2 is 1.85 bits per heavy atom. The summed E-state index contributed by atoms with van der Waals surface area (Å²) in [6.45, 7) is 0.0335. The first-order valence-electron chi connectivity index (χ1n) is 9.17. The van der Waals surface area contributed by atoms with Crippen molar-refractivity contribution in [1.29, 1.82) is 0 Å². The lowest BCUT2D eigenvalue weighted by Gasteiger charge is -2.23. The number of benzene rings is 1. The lowest BCUT2D eigenvalue weighted by molar-refractivity contribution is -0.159. The van der Waals surface area contributed by atoms with Crippen molar-refractivity contribution in [3.05, 3.63) is 80.2 Å². The summed E-state index contributed by atoms with van der Waals surface area (Å²) in [5, 5.41) is 5.77. The monoisotopic (exact) mass is 465 g/mol. The molecule has 0 bridgehead atoms. The maximum Gasteiger partial charge on any atom is 0.471 e. The van der Waals surface area contributed by atoms with Crippen LogP contribution in [0.3, 0.4) is 0 Å². The molecule has 4 rings (SSSR count). The van der Waals surface area contributed by atoms with E-state index in [4.69, 9.17) is 0 Å². The van der Waals surface area contributed by atoms with E-state index in [1.54, 1.807) is 0 Å². The number of halogens is 5. The highest BCUT2D eigenvalue weighted by Crippen LogP contribution is 2.29. The lowest BCUT2D eigenvalue weighted by Crippen LogP contribution is -2.40. The van der Waals surface area contributed by atoms with Gasteiger partial charge in [-0.3, -0.25) is 14.6 Å². The van der Waals surface area contributed by atoms with E-state index >= 15 is 0 Å². The summed E-state index contributed by atoms with van der Waals surface area (Å²) >= 11 is 0. The molecule has 13 heteroatoms. The molecule has 2 heterocycles. The summed E-state index contributed by atoms with van der Waals surface area (Å²) in [6.07, 6.45) is -3.55. The number of hydrogen-bond donors (Lipinski definition) is 1. The molecule has 0 atom stereocenters. The Labute approximate surface area is 181 Å². The SMILES string of the molecule is CN(Cc1ccc(-c2noc(C(F)(F)F)n2)cn1)c1c(Nc2ccc(F)cc2F)c(=O)c1=O. The highest BCUT2D eigenvalue weighted by Gasteiger charge is 2.38. The number of hydrogen-bond acceptors (Lipinski definition) is 8. The third kappa shape index (κ3) is 4.29. The Morgan fingerprint density at radius 3 is 2.45 bits per heavy atom. The van der Waals surface area contributed by atoms with Gasteiger partial charge in [-0.15, -0.1) is 0 Å². The summed E-state index contributed by atoms with van der Waals surface area (Å²) in [5.74, 6) is -3.53. The van der Waals surface area contributed by atoms with Crippen molar-refractivity contribution < 1.29 is 26.5 Å². The van der Waals surface area contributed by atoms with Gasteiger partial charge in [-0.2, -0.15) is 18.2 Å². The predicted octanol–water partition coefficient (Wildman–Crippen LogP) is 3.40. The van der Waals surface area contributed by atoms with E-state index in [1.165, 1.54) is 30.3 Å². The summed E-state index contributed by atoms with van der Waals surface area (Å²) in [7, 11) is 1.49. The largest absolute Gasteiger partial charge is 0.471 e. The van der Waals surface area contributed by atoms with Gasteiger partial charge in [0.25, 0.3) is 10.9 Å². The molecule has 0 aliphatic rings. The molecule has 1 N–H and O–H groups in total. The summed E-state index contributed by atoms with van der Waals surface area (Å²) in [6, 6.07) is 5.59. The summed E-state index contributed by atoms with van der Waals surface area (Å²) < 4.78 is 68.9. The zero-order chi connectivity index (χ0) is 23.9. The zero-order valence-electron chi connectivity index (χ0n) is 16.6. The number of nitrogens with zero attached hydrogens (tertiary/aromatic N) is 4. The van der Waals surface area contributed by atoms with Crippen molar-refractivity contribution in [2.24, 2.45) is 0 Å². The van der Waals surface area contributed by atoms with Gasteiger partial charge in [-0.25, -0.2) is 8.78 Å². The molecule has 0 fully saturated rings. The first-order chi connectivity index (χ1) is 15.5. The van der Waals surface area contributed by atoms with Gasteiger partial charge in [0.1, 0.15) is 23.0 Å². The molecule has 33 heavy (non-hydrogen) atoms. The van der Waals surface area contributed by atoms with Crippen molar-refractivity contribution in [1.82, 2.24) is 15.1 Å². The first kappa shape index (κ1) is 22.0. The molecule has 0 aliphatic carbocycles. The molecule has 0 saturated carbocycles. The van der Waals surface area contributed by atoms with Gasteiger partial charge in [0.05, 0.1) is 17.9 Å². The molecule has 8 nitrogen and oxygen atoms in total. The van der Waals surface area contributed by atoms with Gasteiger partial charge in [-0.05, 0) is 24.3 Å². The molecular formula is C20H12F5N5O3. The number of aromatic nitrogens is 3. The predicted molar refractivity (Wildman–Crippen MR) is 106 cm³/mol. The van der Waals surface area contributed by atoms with Crippen LogP contribution in [0.15, 0.2) is 50.6 Å². The van der Waals surface area contributed by atoms with Crippen LogP contribution in [0.25, 0.3) is 11.4 Å². The van der Waals surface area contributed by atoms with Crippen molar-refractivity contribution in [3.8, 4) is 11.4 Å². The molecule has 4 aromatic rings. The second-order valence-electron chi connectivity index (χ2n) is 6.95. The number of pyridine rings is 1. The van der Waals surface area contributed by atoms with Gasteiger partial charge in [0.2, 0.25) is 5.82 Å². The molecule has 2 aromatic carbocycles. The highest BCUT2D eigenvalue weighted by molar-refractivity contribution is 5.79. The Kier molecular flexibility index (Phi) is 5.39. The smallest absolute Gasteiger partial charge is 0.364 e. The number of nitrogens with one attached hydrogen (secondary N) is 1. The molecule has 0 saturated heterocycles. The van der Waals surface area contributed by atoms with E-state index in [9.17, 15) is 31.5 Å². The molecule has 2 aromatic heterocycles. The summed E-state index contributed by atoms with van der Waals surface area (Å²) in [4.78, 5) is 32.8. The van der Waals surface area contributed by atoms with Gasteiger partial charge in [-0.1, -0.05) is 5.16 Å². The minimum absolute atomic E-state index is 0.0254. The fourth-order valence-electron chi connectivity index (χ4n) is 3.01. The fraction of sp³-hybridized carbons (Fsp3) is 0.150. The van der Waals surface area contributed by atoms with E-state index in [2.05, 4.69) is 25.0 Å². The molecule has 0 radical (unpaired) electrons. The van der Waals surface area contributed by atoms with Crippen LogP contribution in [0.2, 0.25) is 0 Å². The molecule has 170 valence electrons. The molecule has 0 spiro atoms. The quantitative estimate of drug-likeness (QED) is 0.342. The average molecular weight is 465 g/mol. The van der Waals surface area contributed by atoms with Gasteiger partial charge < -0.3 is 14.7 Å². The van der Waals surface area contributed by atoms with Crippen LogP contribution in [0, 0.1) is 11.6 Å². The molecule has 0 amide bonds. The van der Waals surface area contributed by atoms with E-state index < -0.39 is 34.6 Å². The van der Waals surface area contributed by atoms with Gasteiger partial charge >= 0.3 is 12.1 Å². The topological polar surface area (TPSA) is 101 Å². The van der Waals surface area contributed by atoms with Crippen LogP contribution in [0.5, 0.6) is 0 Å². The lowest BCUT2D eigenvalue weighted by atomic mass is 10.1. The second kappa shape index (κ2) is 8.07. The standard InChI is InChI=1S/C20H12F5N5O3/c1-30(15-14(16(31)17(15)32)27-13-5-3-10(21)6-12(13)22)8-11-4-2-9(7-26-11)18-28-19(33-29-18)20(23,24)25/h2-7,27H,8H2,1H3. The fourth-order valence-corrected chi connectivity index (χ4v) is 3.01. The number of rotatable bonds is 6. The van der Waals surface area contributed by atoms with Crippen molar-refractivity contribution in [2.45, 2.75) is 12.7 Å². The van der Waals surface area contributed by atoms with E-state index in [-0.39, 0.29) is 35.0 Å². The minimum atomic E-state index is -4.77. The van der Waals surface area contributed by atoms with Crippen LogP contribution in [0.4, 0.5) is 39.0 Å². The van der Waals surface area contributed by atoms with Crippen molar-refractivity contribution in [3.63, 3.8) is 0 Å². The van der Waals surface area contributed by atoms with Gasteiger partial charge in [0.15, 0.2) is 0 Å². The van der Waals surface area contributed by atoms with Crippen LogP contribution < -0.4 is 21.1 Å². The van der Waals surface area contributed by atoms with Crippen molar-refractivity contribution in [2.75, 3.05) is 17.3 Å². The number of alkyl halides is 3. The maximum absolute atomic E-state index is 13.9. The van der Waals surface area contributed by atoms with Crippen LogP contribution in [-0.4, -0.2) is 22.2 Å². The molecule has 0 aliphatic heterocycles. The average Bonchev–Trinajstić information content (AvgIpc) is 3.26.